The van der Waals surface area contributed by atoms with Crippen molar-refractivity contribution in [1.29, 1.82) is 0 Å². The molecule has 0 N–H and O–H groups in total. The van der Waals surface area contributed by atoms with E-state index in [9.17, 15) is 0 Å². The highest BCUT2D eigenvalue weighted by molar-refractivity contribution is 6.04. The molecule has 0 saturated heterocycles. The summed E-state index contributed by atoms with van der Waals surface area (Å²) in [4.78, 5) is 3.39. The molecule has 0 saturated carbocycles. The van der Waals surface area contributed by atoms with Crippen LogP contribution in [0.3, 0.4) is 0 Å². The van der Waals surface area contributed by atoms with Crippen molar-refractivity contribution in [1.82, 2.24) is 30.0 Å². The molecule has 0 radical (unpaired) electrons. The van der Waals surface area contributed by atoms with Gasteiger partial charge in [0, 0.05) is 10.8 Å². The van der Waals surface area contributed by atoms with Gasteiger partial charge in [-0.25, -0.2) is 0 Å². The van der Waals surface area contributed by atoms with E-state index in [4.69, 9.17) is 10.2 Å². The first kappa shape index (κ1) is 38.9. The van der Waals surface area contributed by atoms with Crippen molar-refractivity contribution in [3.8, 4) is 11.4 Å². The Morgan fingerprint density at radius 1 is 0.464 bits per heavy atom. The second-order valence-corrected chi connectivity index (χ2v) is 12.8. The summed E-state index contributed by atoms with van der Waals surface area (Å²) in [6.45, 7) is 16.3. The predicted octanol–water partition coefficient (Wildman–Crippen LogP) is 13.6. The summed E-state index contributed by atoms with van der Waals surface area (Å²) in [5.74, 6) is 0. The molecule has 8 nitrogen and oxygen atoms in total. The van der Waals surface area contributed by atoms with Gasteiger partial charge >= 0.3 is 0 Å². The van der Waals surface area contributed by atoms with Crippen LogP contribution in [0, 0.1) is 20.8 Å². The number of azo groups is 1. The molecule has 0 aliphatic rings. The van der Waals surface area contributed by atoms with Crippen LogP contribution in [-0.2, 0) is 0 Å². The van der Waals surface area contributed by atoms with E-state index >= 15 is 0 Å². The molecule has 9 rings (SSSR count). The molecule has 0 bridgehead atoms. The zero-order valence-electron chi connectivity index (χ0n) is 33.4. The van der Waals surface area contributed by atoms with E-state index in [-0.39, 0.29) is 0 Å². The van der Waals surface area contributed by atoms with E-state index in [2.05, 4.69) is 114 Å². The standard InChI is InChI=1S/C24H19N5.C20H17N3.2C2H6/c1-16-7-9-20(15-17(16)2)26-25-19-10-12-21(13-11-19)29-27-23-14-8-18-5-3-4-6-22(18)24(23)28-29;1-3-6-15-9-11-17(13-14(15)2)23-21-19-12-10-16-7-4-5-8-18(16)20(19)22-23;2*1-2/h3-15H,1-2H3;3-13H,1-2H3;2*1-2H3. The van der Waals surface area contributed by atoms with Crippen LogP contribution in [0.1, 0.15) is 56.9 Å². The van der Waals surface area contributed by atoms with Crippen molar-refractivity contribution in [3.05, 3.63) is 162 Å². The fraction of sp³-hybridized carbons (Fsp3) is 0.167. The van der Waals surface area contributed by atoms with Crippen LogP contribution >= 0.6 is 0 Å². The third kappa shape index (κ3) is 8.45. The van der Waals surface area contributed by atoms with Crippen molar-refractivity contribution >= 4 is 61.1 Å². The van der Waals surface area contributed by atoms with Crippen molar-refractivity contribution in [2.75, 3.05) is 0 Å². The molecule has 0 amide bonds. The Kier molecular flexibility index (Phi) is 12.5. The summed E-state index contributed by atoms with van der Waals surface area (Å²) in [6, 6.07) is 44.8. The second kappa shape index (κ2) is 18.0. The smallest absolute Gasteiger partial charge is 0.121 e. The number of allylic oxidation sites excluding steroid dienone is 1. The lowest BCUT2D eigenvalue weighted by Crippen LogP contribution is -1.99. The van der Waals surface area contributed by atoms with Gasteiger partial charge in [0.15, 0.2) is 0 Å². The maximum atomic E-state index is 4.72. The third-order valence-electron chi connectivity index (χ3n) is 9.24. The number of hydrogen-bond acceptors (Lipinski definition) is 6. The minimum absolute atomic E-state index is 0.786. The molecule has 2 heterocycles. The molecular formula is C48H48N8. The van der Waals surface area contributed by atoms with E-state index in [0.29, 0.717) is 0 Å². The summed E-state index contributed by atoms with van der Waals surface area (Å²) in [5.41, 5.74) is 12.0. The Hall–Kier alpha value is -6.80. The highest BCUT2D eigenvalue weighted by atomic mass is 15.5. The topological polar surface area (TPSA) is 86.1 Å². The molecule has 2 aromatic heterocycles. The van der Waals surface area contributed by atoms with E-state index in [1.54, 1.807) is 9.59 Å². The first-order chi connectivity index (χ1) is 27.4. The molecule has 0 spiro atoms. The van der Waals surface area contributed by atoms with Gasteiger partial charge in [-0.05, 0) is 121 Å². The average Bonchev–Trinajstić information content (AvgIpc) is 3.90. The van der Waals surface area contributed by atoms with Gasteiger partial charge in [-0.1, -0.05) is 113 Å². The third-order valence-corrected chi connectivity index (χ3v) is 9.24. The lowest BCUT2D eigenvalue weighted by molar-refractivity contribution is 0.765. The summed E-state index contributed by atoms with van der Waals surface area (Å²) in [5, 5.41) is 32.0. The van der Waals surface area contributed by atoms with Gasteiger partial charge in [-0.3, -0.25) is 0 Å². The van der Waals surface area contributed by atoms with Crippen LogP contribution in [0.2, 0.25) is 0 Å². The Morgan fingerprint density at radius 3 is 1.54 bits per heavy atom. The van der Waals surface area contributed by atoms with Gasteiger partial charge in [0.25, 0.3) is 0 Å². The number of hydrogen-bond donors (Lipinski definition) is 0. The number of aromatic nitrogens is 6. The van der Waals surface area contributed by atoms with E-state index < -0.39 is 0 Å². The van der Waals surface area contributed by atoms with Crippen molar-refractivity contribution < 1.29 is 0 Å². The minimum atomic E-state index is 0.786. The first-order valence-electron chi connectivity index (χ1n) is 19.3. The van der Waals surface area contributed by atoms with Gasteiger partial charge in [0.2, 0.25) is 0 Å². The zero-order valence-corrected chi connectivity index (χ0v) is 33.4. The summed E-state index contributed by atoms with van der Waals surface area (Å²) < 4.78 is 0. The lowest BCUT2D eigenvalue weighted by Gasteiger charge is -2.04. The fourth-order valence-electron chi connectivity index (χ4n) is 6.23. The largest absolute Gasteiger partial charge is 0.151 e. The van der Waals surface area contributed by atoms with Gasteiger partial charge in [0.1, 0.15) is 22.1 Å². The summed E-state index contributed by atoms with van der Waals surface area (Å²) in [6.07, 6.45) is 4.16. The van der Waals surface area contributed by atoms with Crippen LogP contribution in [0.4, 0.5) is 11.4 Å². The molecular weight excluding hydrogens is 689 g/mol. The maximum absolute atomic E-state index is 4.72. The number of fused-ring (bicyclic) bond motifs is 6. The van der Waals surface area contributed by atoms with Crippen LogP contribution in [0.25, 0.3) is 61.1 Å². The van der Waals surface area contributed by atoms with Gasteiger partial charge in [0.05, 0.1) is 22.7 Å². The fourth-order valence-corrected chi connectivity index (χ4v) is 6.23. The second-order valence-electron chi connectivity index (χ2n) is 12.8. The predicted molar refractivity (Wildman–Crippen MR) is 235 cm³/mol. The number of nitrogens with zero attached hydrogens (tertiary/aromatic N) is 8. The molecule has 0 fully saturated rings. The summed E-state index contributed by atoms with van der Waals surface area (Å²) in [7, 11) is 0. The Bertz CT molecular complexity index is 2790. The van der Waals surface area contributed by atoms with Gasteiger partial charge in [-0.15, -0.1) is 20.4 Å². The van der Waals surface area contributed by atoms with E-state index in [1.165, 1.54) is 27.6 Å². The van der Waals surface area contributed by atoms with Crippen LogP contribution < -0.4 is 0 Å². The molecule has 8 heteroatoms. The maximum Gasteiger partial charge on any atom is 0.121 e. The van der Waals surface area contributed by atoms with Crippen molar-refractivity contribution in [3.63, 3.8) is 0 Å². The average molecular weight is 737 g/mol. The molecule has 7 aromatic carbocycles. The molecule has 280 valence electrons. The number of rotatable bonds is 5. The van der Waals surface area contributed by atoms with Gasteiger partial charge < -0.3 is 0 Å². The highest BCUT2D eigenvalue weighted by Gasteiger charge is 2.10. The molecule has 56 heavy (non-hydrogen) atoms. The molecule has 0 aliphatic carbocycles. The number of benzene rings is 7. The van der Waals surface area contributed by atoms with Crippen molar-refractivity contribution in [2.45, 2.75) is 55.4 Å². The zero-order chi connectivity index (χ0) is 39.6. The number of aryl methyl sites for hydroxylation is 3. The monoisotopic (exact) mass is 736 g/mol. The molecule has 0 unspecified atom stereocenters. The van der Waals surface area contributed by atoms with E-state index in [1.807, 2.05) is 107 Å². The molecule has 9 aromatic rings. The molecule has 0 atom stereocenters. The molecule has 0 aliphatic heterocycles. The van der Waals surface area contributed by atoms with Crippen LogP contribution in [0.5, 0.6) is 0 Å². The Labute approximate surface area is 328 Å². The summed E-state index contributed by atoms with van der Waals surface area (Å²) >= 11 is 0. The van der Waals surface area contributed by atoms with Crippen molar-refractivity contribution in [2.24, 2.45) is 10.2 Å². The highest BCUT2D eigenvalue weighted by Crippen LogP contribution is 2.26. The van der Waals surface area contributed by atoms with Crippen LogP contribution in [0.15, 0.2) is 150 Å². The van der Waals surface area contributed by atoms with Gasteiger partial charge in [-0.2, -0.15) is 19.8 Å². The Balaban J connectivity index is 0.000000178. The first-order valence-corrected chi connectivity index (χ1v) is 19.3. The lowest BCUT2D eigenvalue weighted by atomic mass is 10.1. The SMILES string of the molecule is CC.CC.CC=Cc1ccc(-n2nc3ccc4ccccc4c3n2)cc1C.Cc1ccc(N=Nc2ccc(-n3nc4ccc5ccccc5c4n3)cc2)cc1C. The van der Waals surface area contributed by atoms with E-state index in [0.717, 1.165) is 61.0 Å². The van der Waals surface area contributed by atoms with Crippen LogP contribution in [-0.4, -0.2) is 30.0 Å². The Morgan fingerprint density at radius 2 is 0.982 bits per heavy atom. The quantitative estimate of drug-likeness (QED) is 0.165. The normalized spacial score (nSPS) is 11.1. The minimum Gasteiger partial charge on any atom is -0.151 e.